The van der Waals surface area contributed by atoms with Crippen LogP contribution in [0.15, 0.2) is 18.3 Å². The van der Waals surface area contributed by atoms with Gasteiger partial charge >= 0.3 is 0 Å². The smallest absolute Gasteiger partial charge is 0.133 e. The number of aromatic nitrogens is 1. The Bertz CT molecular complexity index is 354. The summed E-state index contributed by atoms with van der Waals surface area (Å²) >= 11 is 0. The number of pyridine rings is 1. The van der Waals surface area contributed by atoms with Crippen LogP contribution in [0.25, 0.3) is 0 Å². The van der Waals surface area contributed by atoms with Gasteiger partial charge in [0, 0.05) is 30.9 Å². The summed E-state index contributed by atoms with van der Waals surface area (Å²) in [6.45, 7) is 6.55. The van der Waals surface area contributed by atoms with Crippen LogP contribution in [0, 0.1) is 5.92 Å². The summed E-state index contributed by atoms with van der Waals surface area (Å²) in [4.78, 5) is 6.91. The van der Waals surface area contributed by atoms with E-state index in [9.17, 15) is 0 Å². The summed E-state index contributed by atoms with van der Waals surface area (Å²) in [7, 11) is 0. The van der Waals surface area contributed by atoms with E-state index in [1.807, 2.05) is 19.2 Å². The van der Waals surface area contributed by atoms with E-state index in [4.69, 9.17) is 5.73 Å². The fourth-order valence-electron chi connectivity index (χ4n) is 2.58. The highest BCUT2D eigenvalue weighted by Crippen LogP contribution is 2.27. The SMILES string of the molecule is CCC1CCN(c2ncccc2[C@@H](C)N)CC1. The maximum atomic E-state index is 6.01. The zero-order valence-corrected chi connectivity index (χ0v) is 10.9. The average Bonchev–Trinajstić information content (AvgIpc) is 2.39. The number of piperidine rings is 1. The van der Waals surface area contributed by atoms with Crippen molar-refractivity contribution < 1.29 is 0 Å². The second kappa shape index (κ2) is 5.50. The van der Waals surface area contributed by atoms with Gasteiger partial charge in [0.05, 0.1) is 0 Å². The number of rotatable bonds is 3. The number of hydrogen-bond donors (Lipinski definition) is 1. The summed E-state index contributed by atoms with van der Waals surface area (Å²) in [5.74, 6) is 1.99. The molecule has 0 bridgehead atoms. The molecule has 3 heteroatoms. The third kappa shape index (κ3) is 2.78. The minimum Gasteiger partial charge on any atom is -0.356 e. The molecule has 1 fully saturated rings. The summed E-state index contributed by atoms with van der Waals surface area (Å²) in [5.41, 5.74) is 7.18. The fourth-order valence-corrected chi connectivity index (χ4v) is 2.58. The topological polar surface area (TPSA) is 42.2 Å². The molecule has 1 saturated heterocycles. The molecule has 0 unspecified atom stereocenters. The fraction of sp³-hybridized carbons (Fsp3) is 0.643. The molecule has 0 aromatic carbocycles. The molecule has 1 aromatic heterocycles. The second-order valence-electron chi connectivity index (χ2n) is 5.04. The van der Waals surface area contributed by atoms with Gasteiger partial charge in [-0.15, -0.1) is 0 Å². The molecular weight excluding hydrogens is 210 g/mol. The van der Waals surface area contributed by atoms with Crippen molar-refractivity contribution in [1.29, 1.82) is 0 Å². The molecule has 1 aliphatic rings. The van der Waals surface area contributed by atoms with Gasteiger partial charge in [-0.3, -0.25) is 0 Å². The lowest BCUT2D eigenvalue weighted by Crippen LogP contribution is -2.35. The van der Waals surface area contributed by atoms with Gasteiger partial charge < -0.3 is 10.6 Å². The highest BCUT2D eigenvalue weighted by molar-refractivity contribution is 5.48. The van der Waals surface area contributed by atoms with Crippen molar-refractivity contribution in [2.24, 2.45) is 11.7 Å². The molecule has 0 aliphatic carbocycles. The standard InChI is InChI=1S/C14H23N3/c1-3-12-6-9-17(10-7-12)14-13(11(2)15)5-4-8-16-14/h4-5,8,11-12H,3,6-7,9-10,15H2,1-2H3/t11-/m1/s1. The number of anilines is 1. The van der Waals surface area contributed by atoms with Gasteiger partial charge in [0.2, 0.25) is 0 Å². The van der Waals surface area contributed by atoms with Crippen molar-refractivity contribution in [3.63, 3.8) is 0 Å². The van der Waals surface area contributed by atoms with Crippen molar-refractivity contribution >= 4 is 5.82 Å². The largest absolute Gasteiger partial charge is 0.356 e. The first-order chi connectivity index (χ1) is 8.22. The van der Waals surface area contributed by atoms with Crippen LogP contribution < -0.4 is 10.6 Å². The molecule has 94 valence electrons. The minimum absolute atomic E-state index is 0.0580. The van der Waals surface area contributed by atoms with Gasteiger partial charge in [0.15, 0.2) is 0 Å². The molecule has 2 N–H and O–H groups in total. The molecule has 3 nitrogen and oxygen atoms in total. The van der Waals surface area contributed by atoms with Crippen LogP contribution >= 0.6 is 0 Å². The van der Waals surface area contributed by atoms with Crippen LogP contribution in [0.4, 0.5) is 5.82 Å². The van der Waals surface area contributed by atoms with Crippen LogP contribution in [0.1, 0.15) is 44.7 Å². The van der Waals surface area contributed by atoms with Gasteiger partial charge in [-0.25, -0.2) is 4.98 Å². The van der Waals surface area contributed by atoms with E-state index in [1.54, 1.807) is 0 Å². The van der Waals surface area contributed by atoms with Crippen LogP contribution in [0.2, 0.25) is 0 Å². The Hall–Kier alpha value is -1.09. The summed E-state index contributed by atoms with van der Waals surface area (Å²) in [5, 5.41) is 0. The number of nitrogens with zero attached hydrogens (tertiary/aromatic N) is 2. The quantitative estimate of drug-likeness (QED) is 0.873. The molecule has 17 heavy (non-hydrogen) atoms. The molecule has 0 radical (unpaired) electrons. The number of nitrogens with two attached hydrogens (primary N) is 1. The first-order valence-corrected chi connectivity index (χ1v) is 6.67. The third-order valence-electron chi connectivity index (χ3n) is 3.80. The summed E-state index contributed by atoms with van der Waals surface area (Å²) in [6, 6.07) is 4.13. The van der Waals surface area contributed by atoms with Crippen LogP contribution in [0.5, 0.6) is 0 Å². The number of hydrogen-bond acceptors (Lipinski definition) is 3. The van der Waals surface area contributed by atoms with Crippen molar-refractivity contribution in [1.82, 2.24) is 4.98 Å². The van der Waals surface area contributed by atoms with Gasteiger partial charge in [0.1, 0.15) is 5.82 Å². The zero-order valence-electron chi connectivity index (χ0n) is 10.9. The molecule has 0 spiro atoms. The van der Waals surface area contributed by atoms with E-state index in [0.29, 0.717) is 0 Å². The zero-order chi connectivity index (χ0) is 12.3. The molecular formula is C14H23N3. The molecule has 2 heterocycles. The van der Waals surface area contributed by atoms with E-state index < -0.39 is 0 Å². The molecule has 0 amide bonds. The first-order valence-electron chi connectivity index (χ1n) is 6.67. The molecule has 0 saturated carbocycles. The van der Waals surface area contributed by atoms with Gasteiger partial charge in [-0.2, -0.15) is 0 Å². The van der Waals surface area contributed by atoms with E-state index in [-0.39, 0.29) is 6.04 Å². The lowest BCUT2D eigenvalue weighted by atomic mass is 9.94. The van der Waals surface area contributed by atoms with Crippen molar-refractivity contribution in [2.45, 2.75) is 39.2 Å². The van der Waals surface area contributed by atoms with Gasteiger partial charge in [-0.05, 0) is 31.7 Å². The summed E-state index contributed by atoms with van der Waals surface area (Å²) in [6.07, 6.45) is 5.74. The highest BCUT2D eigenvalue weighted by Gasteiger charge is 2.21. The Labute approximate surface area is 104 Å². The monoisotopic (exact) mass is 233 g/mol. The Morgan fingerprint density at radius 2 is 2.18 bits per heavy atom. The normalized spacial score (nSPS) is 19.4. The first kappa shape index (κ1) is 12.4. The van der Waals surface area contributed by atoms with E-state index >= 15 is 0 Å². The predicted octanol–water partition coefficient (Wildman–Crippen LogP) is 2.73. The maximum absolute atomic E-state index is 6.01. The lowest BCUT2D eigenvalue weighted by molar-refractivity contribution is 0.393. The molecule has 1 aromatic rings. The Morgan fingerprint density at radius 3 is 2.76 bits per heavy atom. The Balaban J connectivity index is 2.13. The van der Waals surface area contributed by atoms with E-state index in [0.717, 1.165) is 24.8 Å². The van der Waals surface area contributed by atoms with E-state index in [1.165, 1.54) is 24.8 Å². The molecule has 1 atom stereocenters. The van der Waals surface area contributed by atoms with Crippen molar-refractivity contribution in [2.75, 3.05) is 18.0 Å². The average molecular weight is 233 g/mol. The second-order valence-corrected chi connectivity index (χ2v) is 5.04. The Kier molecular flexibility index (Phi) is 4.00. The highest BCUT2D eigenvalue weighted by atomic mass is 15.2. The molecule has 2 rings (SSSR count). The van der Waals surface area contributed by atoms with Crippen LogP contribution in [-0.4, -0.2) is 18.1 Å². The minimum atomic E-state index is 0.0580. The maximum Gasteiger partial charge on any atom is 0.133 e. The van der Waals surface area contributed by atoms with Gasteiger partial charge in [0.25, 0.3) is 0 Å². The molecule has 1 aliphatic heterocycles. The lowest BCUT2D eigenvalue weighted by Gasteiger charge is -2.33. The van der Waals surface area contributed by atoms with Crippen molar-refractivity contribution in [3.8, 4) is 0 Å². The van der Waals surface area contributed by atoms with Gasteiger partial charge in [-0.1, -0.05) is 19.4 Å². The van der Waals surface area contributed by atoms with Crippen molar-refractivity contribution in [3.05, 3.63) is 23.9 Å². The van der Waals surface area contributed by atoms with Crippen LogP contribution in [0.3, 0.4) is 0 Å². The predicted molar refractivity (Wildman–Crippen MR) is 72.1 cm³/mol. The summed E-state index contributed by atoms with van der Waals surface area (Å²) < 4.78 is 0. The Morgan fingerprint density at radius 1 is 1.47 bits per heavy atom. The third-order valence-corrected chi connectivity index (χ3v) is 3.80. The van der Waals surface area contributed by atoms with Crippen LogP contribution in [-0.2, 0) is 0 Å². The van der Waals surface area contributed by atoms with E-state index in [2.05, 4.69) is 22.9 Å².